The van der Waals surface area contributed by atoms with E-state index in [1.165, 1.54) is 0 Å². The number of halogens is 4. The molecule has 0 radical (unpaired) electrons. The Morgan fingerprint density at radius 1 is 1.20 bits per heavy atom. The van der Waals surface area contributed by atoms with Gasteiger partial charge in [-0.15, -0.1) is 0 Å². The van der Waals surface area contributed by atoms with Gasteiger partial charge in [0, 0.05) is 13.8 Å². The Kier molecular flexibility index (Phi) is 2.65. The summed E-state index contributed by atoms with van der Waals surface area (Å²) in [5, 5.41) is 0. The highest BCUT2D eigenvalue weighted by Crippen LogP contribution is 2.32. The van der Waals surface area contributed by atoms with Gasteiger partial charge in [-0.25, -0.2) is 17.6 Å². The summed E-state index contributed by atoms with van der Waals surface area (Å²) in [6, 6.07) is 0. The molecule has 1 unspecified atom stereocenters. The number of alkyl halides is 4. The van der Waals surface area contributed by atoms with Crippen LogP contribution in [0.25, 0.3) is 0 Å². The summed E-state index contributed by atoms with van der Waals surface area (Å²) in [4.78, 5) is 0. The standard InChI is InChI=1S/C5H8F4O/c1-4(7,8)5(2,9)10-3-6/h3H2,1-2H3. The molecule has 0 aliphatic rings. The van der Waals surface area contributed by atoms with Gasteiger partial charge in [0.15, 0.2) is 6.86 Å². The molecule has 1 atom stereocenters. The lowest BCUT2D eigenvalue weighted by Gasteiger charge is -2.25. The molecule has 5 heteroatoms. The quantitative estimate of drug-likeness (QED) is 0.575. The van der Waals surface area contributed by atoms with Crippen LogP contribution in [0.1, 0.15) is 13.8 Å². The minimum Gasteiger partial charge on any atom is -0.309 e. The SMILES string of the molecule is CC(F)(F)C(C)(F)OCF. The van der Waals surface area contributed by atoms with E-state index in [1.54, 1.807) is 0 Å². The number of ether oxygens (including phenoxy) is 1. The third-order valence-electron chi connectivity index (χ3n) is 1.11. The second-order valence-corrected chi connectivity index (χ2v) is 2.06. The van der Waals surface area contributed by atoms with Crippen LogP contribution < -0.4 is 0 Å². The fourth-order valence-corrected chi connectivity index (χ4v) is 0.229. The lowest BCUT2D eigenvalue weighted by atomic mass is 10.2. The molecule has 0 spiro atoms. The second kappa shape index (κ2) is 2.74. The predicted octanol–water partition coefficient (Wildman–Crippen LogP) is 2.27. The minimum absolute atomic E-state index is 0.322. The normalized spacial score (nSPS) is 18.6. The van der Waals surface area contributed by atoms with Crippen molar-refractivity contribution in [2.24, 2.45) is 0 Å². The zero-order valence-electron chi connectivity index (χ0n) is 5.63. The Balaban J connectivity index is 4.10. The van der Waals surface area contributed by atoms with E-state index in [1.807, 2.05) is 0 Å². The van der Waals surface area contributed by atoms with Crippen molar-refractivity contribution < 1.29 is 22.3 Å². The summed E-state index contributed by atoms with van der Waals surface area (Å²) in [5.41, 5.74) is 0. The van der Waals surface area contributed by atoms with Crippen LogP contribution in [0, 0.1) is 0 Å². The zero-order valence-corrected chi connectivity index (χ0v) is 5.63. The summed E-state index contributed by atoms with van der Waals surface area (Å²) in [7, 11) is 0. The molecule has 0 heterocycles. The van der Waals surface area contributed by atoms with E-state index >= 15 is 0 Å². The maximum absolute atomic E-state index is 12.4. The molecule has 0 aromatic carbocycles. The van der Waals surface area contributed by atoms with Gasteiger partial charge < -0.3 is 4.74 Å². The maximum Gasteiger partial charge on any atom is 0.302 e. The van der Waals surface area contributed by atoms with Gasteiger partial charge in [0.25, 0.3) is 5.85 Å². The highest BCUT2D eigenvalue weighted by atomic mass is 19.3. The average Bonchev–Trinajstić information content (AvgIpc) is 1.61. The number of hydrogen-bond donors (Lipinski definition) is 0. The summed E-state index contributed by atoms with van der Waals surface area (Å²) in [6.07, 6.45) is 0. The zero-order chi connectivity index (χ0) is 8.41. The molecule has 0 aliphatic carbocycles. The molecule has 0 fully saturated rings. The Labute approximate surface area is 56.0 Å². The Bertz CT molecular complexity index is 107. The van der Waals surface area contributed by atoms with Crippen molar-refractivity contribution in [1.29, 1.82) is 0 Å². The molecular weight excluding hydrogens is 152 g/mol. The fourth-order valence-electron chi connectivity index (χ4n) is 0.229. The molecule has 0 N–H and O–H groups in total. The minimum atomic E-state index is -3.68. The van der Waals surface area contributed by atoms with Gasteiger partial charge in [-0.3, -0.25) is 0 Å². The van der Waals surface area contributed by atoms with Crippen LogP contribution in [0.5, 0.6) is 0 Å². The summed E-state index contributed by atoms with van der Waals surface area (Å²) >= 11 is 0. The van der Waals surface area contributed by atoms with E-state index in [9.17, 15) is 17.6 Å². The summed E-state index contributed by atoms with van der Waals surface area (Å²) in [6.45, 7) is -0.758. The highest BCUT2D eigenvalue weighted by molar-refractivity contribution is 4.75. The first-order valence-corrected chi connectivity index (χ1v) is 2.58. The smallest absolute Gasteiger partial charge is 0.302 e. The predicted molar refractivity (Wildman–Crippen MR) is 27.2 cm³/mol. The summed E-state index contributed by atoms with van der Waals surface area (Å²) < 4.78 is 51.2. The molecule has 1 nitrogen and oxygen atoms in total. The van der Waals surface area contributed by atoms with Crippen molar-refractivity contribution in [3.63, 3.8) is 0 Å². The van der Waals surface area contributed by atoms with Crippen LogP contribution in [-0.2, 0) is 4.74 Å². The van der Waals surface area contributed by atoms with Crippen LogP contribution in [0.15, 0.2) is 0 Å². The van der Waals surface area contributed by atoms with Crippen LogP contribution in [0.4, 0.5) is 17.6 Å². The van der Waals surface area contributed by atoms with Gasteiger partial charge in [-0.05, 0) is 0 Å². The Morgan fingerprint density at radius 2 is 1.60 bits per heavy atom. The Morgan fingerprint density at radius 3 is 1.70 bits per heavy atom. The first-order chi connectivity index (χ1) is 4.31. The Hall–Kier alpha value is -0.320. The van der Waals surface area contributed by atoms with Gasteiger partial charge in [0.1, 0.15) is 0 Å². The molecule has 0 aromatic heterocycles. The average molecular weight is 160 g/mol. The molecule has 0 saturated carbocycles. The molecule has 62 valence electrons. The fraction of sp³-hybridized carbons (Fsp3) is 1.00. The first kappa shape index (κ1) is 9.68. The van der Waals surface area contributed by atoms with Crippen molar-refractivity contribution in [3.8, 4) is 0 Å². The van der Waals surface area contributed by atoms with E-state index in [4.69, 9.17) is 0 Å². The van der Waals surface area contributed by atoms with E-state index < -0.39 is 18.6 Å². The van der Waals surface area contributed by atoms with E-state index in [-0.39, 0.29) is 0 Å². The van der Waals surface area contributed by atoms with E-state index in [2.05, 4.69) is 4.74 Å². The summed E-state index contributed by atoms with van der Waals surface area (Å²) in [5.74, 6) is -6.90. The third kappa shape index (κ3) is 2.13. The number of rotatable bonds is 3. The van der Waals surface area contributed by atoms with Crippen molar-refractivity contribution >= 4 is 0 Å². The van der Waals surface area contributed by atoms with Crippen LogP contribution in [0.3, 0.4) is 0 Å². The molecule has 0 amide bonds. The topological polar surface area (TPSA) is 9.23 Å². The highest BCUT2D eigenvalue weighted by Gasteiger charge is 2.48. The van der Waals surface area contributed by atoms with Crippen LogP contribution in [-0.4, -0.2) is 18.6 Å². The van der Waals surface area contributed by atoms with Crippen LogP contribution in [0.2, 0.25) is 0 Å². The van der Waals surface area contributed by atoms with Crippen molar-refractivity contribution in [3.05, 3.63) is 0 Å². The molecule has 0 aromatic rings. The number of hydrogen-bond acceptors (Lipinski definition) is 1. The molecule has 10 heavy (non-hydrogen) atoms. The third-order valence-corrected chi connectivity index (χ3v) is 1.11. The molecule has 0 bridgehead atoms. The van der Waals surface area contributed by atoms with Gasteiger partial charge >= 0.3 is 5.92 Å². The molecule has 0 aliphatic heterocycles. The van der Waals surface area contributed by atoms with E-state index in [0.717, 1.165) is 0 Å². The van der Waals surface area contributed by atoms with Gasteiger partial charge in [0.2, 0.25) is 0 Å². The van der Waals surface area contributed by atoms with Crippen molar-refractivity contribution in [1.82, 2.24) is 0 Å². The van der Waals surface area contributed by atoms with Gasteiger partial charge in [0.05, 0.1) is 0 Å². The van der Waals surface area contributed by atoms with Gasteiger partial charge in [-0.1, -0.05) is 0 Å². The molecular formula is C5H8F4O. The lowest BCUT2D eigenvalue weighted by molar-refractivity contribution is -0.272. The lowest BCUT2D eigenvalue weighted by Crippen LogP contribution is -2.41. The molecule has 0 saturated heterocycles. The monoisotopic (exact) mass is 160 g/mol. The molecule has 0 rings (SSSR count). The van der Waals surface area contributed by atoms with Crippen LogP contribution >= 0.6 is 0 Å². The second-order valence-electron chi connectivity index (χ2n) is 2.06. The van der Waals surface area contributed by atoms with Crippen molar-refractivity contribution in [2.45, 2.75) is 25.6 Å². The largest absolute Gasteiger partial charge is 0.309 e. The maximum atomic E-state index is 12.4. The van der Waals surface area contributed by atoms with E-state index in [0.29, 0.717) is 13.8 Å². The van der Waals surface area contributed by atoms with Crippen molar-refractivity contribution in [2.75, 3.05) is 6.86 Å². The first-order valence-electron chi connectivity index (χ1n) is 2.58. The van der Waals surface area contributed by atoms with Gasteiger partial charge in [-0.2, -0.15) is 0 Å².